The summed E-state index contributed by atoms with van der Waals surface area (Å²) in [6, 6.07) is 4.61. The van der Waals surface area contributed by atoms with Gasteiger partial charge in [0.25, 0.3) is 0 Å². The SMILES string of the molecule is Fc1ccc(OC(C2CC2)[C@H]2CCNC2)cc1Cl. The smallest absolute Gasteiger partial charge is 0.142 e. The highest BCUT2D eigenvalue weighted by molar-refractivity contribution is 6.30. The molecule has 1 aromatic carbocycles. The van der Waals surface area contributed by atoms with Crippen molar-refractivity contribution in [3.63, 3.8) is 0 Å². The molecule has 2 atom stereocenters. The molecule has 2 fully saturated rings. The normalized spacial score (nSPS) is 25.1. The van der Waals surface area contributed by atoms with Crippen LogP contribution in [0.4, 0.5) is 4.39 Å². The third-order valence-electron chi connectivity index (χ3n) is 3.81. The van der Waals surface area contributed by atoms with E-state index >= 15 is 0 Å². The maximum atomic E-state index is 13.1. The van der Waals surface area contributed by atoms with E-state index in [1.165, 1.54) is 18.9 Å². The Labute approximate surface area is 111 Å². The number of hydrogen-bond acceptors (Lipinski definition) is 2. The second-order valence-electron chi connectivity index (χ2n) is 5.25. The summed E-state index contributed by atoms with van der Waals surface area (Å²) in [4.78, 5) is 0. The summed E-state index contributed by atoms with van der Waals surface area (Å²) in [5.74, 6) is 1.53. The van der Waals surface area contributed by atoms with Crippen LogP contribution in [0.2, 0.25) is 5.02 Å². The molecule has 0 aromatic heterocycles. The Morgan fingerprint density at radius 3 is 2.72 bits per heavy atom. The fourth-order valence-electron chi connectivity index (χ4n) is 2.67. The molecule has 1 N–H and O–H groups in total. The van der Waals surface area contributed by atoms with Crippen LogP contribution in [-0.4, -0.2) is 19.2 Å². The zero-order chi connectivity index (χ0) is 12.5. The van der Waals surface area contributed by atoms with Crippen LogP contribution in [0.25, 0.3) is 0 Å². The third-order valence-corrected chi connectivity index (χ3v) is 4.10. The van der Waals surface area contributed by atoms with Crippen LogP contribution in [0, 0.1) is 17.7 Å². The number of nitrogens with one attached hydrogen (secondary N) is 1. The first-order chi connectivity index (χ1) is 8.74. The van der Waals surface area contributed by atoms with Crippen molar-refractivity contribution >= 4 is 11.6 Å². The summed E-state index contributed by atoms with van der Waals surface area (Å²) in [6.07, 6.45) is 3.91. The number of benzene rings is 1. The van der Waals surface area contributed by atoms with Crippen molar-refractivity contribution < 1.29 is 9.13 Å². The number of ether oxygens (including phenoxy) is 1. The van der Waals surface area contributed by atoms with Gasteiger partial charge < -0.3 is 10.1 Å². The molecule has 1 aliphatic carbocycles. The van der Waals surface area contributed by atoms with Crippen molar-refractivity contribution in [1.29, 1.82) is 0 Å². The monoisotopic (exact) mass is 269 g/mol. The van der Waals surface area contributed by atoms with E-state index in [0.717, 1.165) is 19.5 Å². The van der Waals surface area contributed by atoms with Gasteiger partial charge in [0.05, 0.1) is 5.02 Å². The van der Waals surface area contributed by atoms with Gasteiger partial charge in [-0.05, 0) is 43.9 Å². The Kier molecular flexibility index (Phi) is 3.44. The predicted molar refractivity (Wildman–Crippen MR) is 69.5 cm³/mol. The Morgan fingerprint density at radius 2 is 2.11 bits per heavy atom. The summed E-state index contributed by atoms with van der Waals surface area (Å²) >= 11 is 5.78. The topological polar surface area (TPSA) is 21.3 Å². The van der Waals surface area contributed by atoms with E-state index in [0.29, 0.717) is 17.6 Å². The van der Waals surface area contributed by atoms with Gasteiger partial charge in [-0.1, -0.05) is 11.6 Å². The van der Waals surface area contributed by atoms with Crippen LogP contribution in [0.5, 0.6) is 5.75 Å². The van der Waals surface area contributed by atoms with E-state index in [4.69, 9.17) is 16.3 Å². The third kappa shape index (κ3) is 2.62. The predicted octanol–water partition coefficient (Wildman–Crippen LogP) is 3.25. The number of rotatable bonds is 4. The number of hydrogen-bond donors (Lipinski definition) is 1. The molecule has 1 aromatic rings. The lowest BCUT2D eigenvalue weighted by molar-refractivity contribution is 0.121. The Morgan fingerprint density at radius 1 is 1.28 bits per heavy atom. The van der Waals surface area contributed by atoms with Gasteiger partial charge in [-0.25, -0.2) is 4.39 Å². The molecule has 3 rings (SSSR count). The minimum atomic E-state index is -0.394. The maximum absolute atomic E-state index is 13.1. The average Bonchev–Trinajstić information content (AvgIpc) is 3.05. The fourth-order valence-corrected chi connectivity index (χ4v) is 2.84. The quantitative estimate of drug-likeness (QED) is 0.906. The van der Waals surface area contributed by atoms with Gasteiger partial charge in [-0.15, -0.1) is 0 Å². The van der Waals surface area contributed by atoms with E-state index in [-0.39, 0.29) is 11.1 Å². The van der Waals surface area contributed by atoms with Crippen molar-refractivity contribution in [2.24, 2.45) is 11.8 Å². The minimum absolute atomic E-state index is 0.131. The van der Waals surface area contributed by atoms with Gasteiger partial charge in [-0.2, -0.15) is 0 Å². The largest absolute Gasteiger partial charge is 0.490 e. The first-order valence-corrected chi connectivity index (χ1v) is 6.94. The molecule has 0 bridgehead atoms. The van der Waals surface area contributed by atoms with E-state index in [2.05, 4.69) is 5.32 Å². The van der Waals surface area contributed by atoms with Gasteiger partial charge >= 0.3 is 0 Å². The lowest BCUT2D eigenvalue weighted by atomic mass is 9.97. The summed E-state index contributed by atoms with van der Waals surface area (Å²) < 4.78 is 19.2. The van der Waals surface area contributed by atoms with Crippen LogP contribution in [-0.2, 0) is 0 Å². The van der Waals surface area contributed by atoms with Crippen molar-refractivity contribution in [3.8, 4) is 5.75 Å². The first-order valence-electron chi connectivity index (χ1n) is 6.56. The molecular weight excluding hydrogens is 253 g/mol. The van der Waals surface area contributed by atoms with Crippen molar-refractivity contribution in [1.82, 2.24) is 5.32 Å². The first kappa shape index (κ1) is 12.2. The molecule has 18 heavy (non-hydrogen) atoms. The van der Waals surface area contributed by atoms with Crippen LogP contribution < -0.4 is 10.1 Å². The average molecular weight is 270 g/mol. The number of halogens is 2. The molecule has 0 amide bonds. The molecule has 2 aliphatic rings. The summed E-state index contributed by atoms with van der Waals surface area (Å²) in [7, 11) is 0. The molecule has 1 saturated heterocycles. The van der Waals surface area contributed by atoms with Crippen LogP contribution in [0.3, 0.4) is 0 Å². The highest BCUT2D eigenvalue weighted by Gasteiger charge is 2.39. The van der Waals surface area contributed by atoms with Crippen LogP contribution in [0.15, 0.2) is 18.2 Å². The molecular formula is C14H17ClFNO. The highest BCUT2D eigenvalue weighted by atomic mass is 35.5. The lowest BCUT2D eigenvalue weighted by Crippen LogP contribution is -2.30. The van der Waals surface area contributed by atoms with Gasteiger partial charge in [0, 0.05) is 18.5 Å². The Hall–Kier alpha value is -0.800. The molecule has 0 radical (unpaired) electrons. The molecule has 2 nitrogen and oxygen atoms in total. The Bertz CT molecular complexity index is 430. The molecule has 0 spiro atoms. The molecule has 1 heterocycles. The van der Waals surface area contributed by atoms with E-state index in [9.17, 15) is 4.39 Å². The van der Waals surface area contributed by atoms with E-state index in [1.807, 2.05) is 0 Å². The van der Waals surface area contributed by atoms with Crippen molar-refractivity contribution in [2.75, 3.05) is 13.1 Å². The fraction of sp³-hybridized carbons (Fsp3) is 0.571. The van der Waals surface area contributed by atoms with Gasteiger partial charge in [0.1, 0.15) is 17.7 Å². The summed E-state index contributed by atoms with van der Waals surface area (Å²) in [5, 5.41) is 3.51. The van der Waals surface area contributed by atoms with Gasteiger partial charge in [-0.3, -0.25) is 0 Å². The molecule has 1 saturated carbocycles. The van der Waals surface area contributed by atoms with E-state index in [1.54, 1.807) is 12.1 Å². The maximum Gasteiger partial charge on any atom is 0.142 e. The van der Waals surface area contributed by atoms with Crippen molar-refractivity contribution in [2.45, 2.75) is 25.4 Å². The molecule has 1 unspecified atom stereocenters. The minimum Gasteiger partial charge on any atom is -0.490 e. The molecule has 4 heteroatoms. The van der Waals surface area contributed by atoms with Gasteiger partial charge in [0.15, 0.2) is 0 Å². The Balaban J connectivity index is 1.73. The zero-order valence-corrected chi connectivity index (χ0v) is 10.9. The summed E-state index contributed by atoms with van der Waals surface area (Å²) in [6.45, 7) is 2.09. The summed E-state index contributed by atoms with van der Waals surface area (Å²) in [5.41, 5.74) is 0. The second kappa shape index (κ2) is 5.06. The standard InChI is InChI=1S/C14H17ClFNO/c15-12-7-11(3-4-13(12)16)18-14(9-1-2-9)10-5-6-17-8-10/h3-4,7,9-10,14,17H,1-2,5-6,8H2/t10-,14?/m0/s1. The van der Waals surface area contributed by atoms with Gasteiger partial charge in [0.2, 0.25) is 0 Å². The molecule has 1 aliphatic heterocycles. The second-order valence-corrected chi connectivity index (χ2v) is 5.66. The van der Waals surface area contributed by atoms with Crippen molar-refractivity contribution in [3.05, 3.63) is 29.0 Å². The molecule has 98 valence electrons. The lowest BCUT2D eigenvalue weighted by Gasteiger charge is -2.24. The highest BCUT2D eigenvalue weighted by Crippen LogP contribution is 2.40. The zero-order valence-electron chi connectivity index (χ0n) is 10.2. The van der Waals surface area contributed by atoms with Crippen LogP contribution >= 0.6 is 11.6 Å². The van der Waals surface area contributed by atoms with Crippen LogP contribution in [0.1, 0.15) is 19.3 Å². The van der Waals surface area contributed by atoms with E-state index < -0.39 is 5.82 Å².